The fourth-order valence-corrected chi connectivity index (χ4v) is 9.48. The Kier molecular flexibility index (Phi) is 9.55. The van der Waals surface area contributed by atoms with Crippen LogP contribution in [-0.4, -0.2) is 25.2 Å². The minimum absolute atomic E-state index is 0.0538. The number of benzene rings is 1. The van der Waals surface area contributed by atoms with Gasteiger partial charge in [-0.15, -0.1) is 0 Å². The number of rotatable bonds is 9. The van der Waals surface area contributed by atoms with Crippen LogP contribution >= 0.6 is 0 Å². The highest BCUT2D eigenvalue weighted by Crippen LogP contribution is 2.60. The first kappa shape index (κ1) is 30.5. The van der Waals surface area contributed by atoms with Gasteiger partial charge in [0.2, 0.25) is 10.0 Å². The van der Waals surface area contributed by atoms with E-state index < -0.39 is 15.6 Å². The average molecular weight is 556 g/mol. The molecule has 4 rings (SSSR count). The molecule has 3 saturated carbocycles. The van der Waals surface area contributed by atoms with Crippen molar-refractivity contribution in [1.82, 2.24) is 4.72 Å². The highest BCUT2D eigenvalue weighted by Gasteiger charge is 2.50. The van der Waals surface area contributed by atoms with Gasteiger partial charge < -0.3 is 5.11 Å². The minimum Gasteiger partial charge on any atom is -0.390 e. The van der Waals surface area contributed by atoms with Crippen molar-refractivity contribution in [3.8, 4) is 0 Å². The summed E-state index contributed by atoms with van der Waals surface area (Å²) in [5.74, 6) is 2.59. The zero-order valence-electron chi connectivity index (χ0n) is 25.3. The molecular weight excluding hydrogens is 502 g/mol. The maximum Gasteiger partial charge on any atom is 0.240 e. The van der Waals surface area contributed by atoms with E-state index in [2.05, 4.69) is 37.6 Å². The van der Waals surface area contributed by atoms with Gasteiger partial charge >= 0.3 is 0 Å². The normalized spacial score (nSPS) is 32.9. The second kappa shape index (κ2) is 12.2. The monoisotopic (exact) mass is 555 g/mol. The highest BCUT2D eigenvalue weighted by molar-refractivity contribution is 7.89. The van der Waals surface area contributed by atoms with Gasteiger partial charge in [0.05, 0.1) is 10.5 Å². The Labute approximate surface area is 238 Å². The third-order valence-corrected chi connectivity index (χ3v) is 11.7. The van der Waals surface area contributed by atoms with Crippen molar-refractivity contribution in [3.63, 3.8) is 0 Å². The zero-order chi connectivity index (χ0) is 28.4. The van der Waals surface area contributed by atoms with Crippen LogP contribution in [0.4, 0.5) is 0 Å². The first-order valence-electron chi connectivity index (χ1n) is 15.5. The standard InChI is InChI=1S/C34H53NO3S/c1-24-11-15-30(16-12-24)39(37,38)35-29-22-25(2)21-27(23-29)13-14-28-10-8-20-34(6)31(17-18-32(28)34)26(3)9-7-19-33(4,5)36/h11-16,25-26,29,31-32,35-36H,7-10,17-23H2,1-6H3/b27-13+,28-14+/t25-,26-,29?,31-,32+,34?/m1/s1. The molecule has 2 unspecified atom stereocenters. The number of fused-ring (bicyclic) bond motifs is 1. The van der Waals surface area contributed by atoms with Crippen LogP contribution in [0.2, 0.25) is 0 Å². The highest BCUT2D eigenvalue weighted by atomic mass is 32.2. The summed E-state index contributed by atoms with van der Waals surface area (Å²) in [6.45, 7) is 13.1. The van der Waals surface area contributed by atoms with Crippen LogP contribution in [0, 0.1) is 36.0 Å². The molecule has 1 aromatic rings. The molecule has 0 bridgehead atoms. The quantitative estimate of drug-likeness (QED) is 0.323. The van der Waals surface area contributed by atoms with Gasteiger partial charge in [0.25, 0.3) is 0 Å². The van der Waals surface area contributed by atoms with Crippen molar-refractivity contribution < 1.29 is 13.5 Å². The average Bonchev–Trinajstić information content (AvgIpc) is 3.19. The molecule has 0 heterocycles. The lowest BCUT2D eigenvalue weighted by atomic mass is 9.60. The maximum absolute atomic E-state index is 13.0. The van der Waals surface area contributed by atoms with E-state index in [1.807, 2.05) is 32.9 Å². The predicted molar refractivity (Wildman–Crippen MR) is 162 cm³/mol. The molecule has 0 saturated heterocycles. The molecule has 3 aliphatic rings. The van der Waals surface area contributed by atoms with Crippen molar-refractivity contribution >= 4 is 10.0 Å². The lowest BCUT2D eigenvalue weighted by molar-refractivity contribution is 0.0596. The Balaban J connectivity index is 1.42. The molecular formula is C34H53NO3S. The van der Waals surface area contributed by atoms with Crippen LogP contribution in [0.5, 0.6) is 0 Å². The lowest BCUT2D eigenvalue weighted by Crippen LogP contribution is -2.38. The van der Waals surface area contributed by atoms with Crippen molar-refractivity contribution in [1.29, 1.82) is 0 Å². The van der Waals surface area contributed by atoms with Crippen molar-refractivity contribution in [2.45, 2.75) is 129 Å². The Morgan fingerprint density at radius 3 is 2.56 bits per heavy atom. The summed E-state index contributed by atoms with van der Waals surface area (Å²) in [6.07, 6.45) is 17.1. The molecule has 5 heteroatoms. The summed E-state index contributed by atoms with van der Waals surface area (Å²) in [5, 5.41) is 10.1. The van der Waals surface area contributed by atoms with E-state index in [9.17, 15) is 13.5 Å². The van der Waals surface area contributed by atoms with Crippen LogP contribution < -0.4 is 4.72 Å². The minimum atomic E-state index is -3.51. The molecule has 3 aliphatic carbocycles. The lowest BCUT2D eigenvalue weighted by Gasteiger charge is -2.44. The Morgan fingerprint density at radius 1 is 1.15 bits per heavy atom. The largest absolute Gasteiger partial charge is 0.390 e. The van der Waals surface area contributed by atoms with Gasteiger partial charge in [-0.3, -0.25) is 0 Å². The van der Waals surface area contributed by atoms with Crippen molar-refractivity contribution in [2.24, 2.45) is 29.1 Å². The predicted octanol–water partition coefficient (Wildman–Crippen LogP) is 8.11. The molecule has 0 spiro atoms. The van der Waals surface area contributed by atoms with E-state index in [1.54, 1.807) is 17.7 Å². The van der Waals surface area contributed by atoms with E-state index in [-0.39, 0.29) is 6.04 Å². The number of hydrogen-bond donors (Lipinski definition) is 2. The topological polar surface area (TPSA) is 66.4 Å². The Morgan fingerprint density at radius 2 is 1.87 bits per heavy atom. The number of aryl methyl sites for hydroxylation is 1. The second-order valence-electron chi connectivity index (χ2n) is 14.2. The molecule has 0 amide bonds. The fraction of sp³-hybridized carbons (Fsp3) is 0.706. The third-order valence-electron chi connectivity index (χ3n) is 10.2. The molecule has 0 aromatic heterocycles. The van der Waals surface area contributed by atoms with E-state index >= 15 is 0 Å². The van der Waals surface area contributed by atoms with Gasteiger partial charge in [0.1, 0.15) is 0 Å². The maximum atomic E-state index is 13.0. The third kappa shape index (κ3) is 7.65. The van der Waals surface area contributed by atoms with Gasteiger partial charge in [-0.25, -0.2) is 13.1 Å². The molecule has 0 radical (unpaired) electrons. The number of aliphatic hydroxyl groups is 1. The number of hydrogen-bond acceptors (Lipinski definition) is 3. The van der Waals surface area contributed by atoms with Gasteiger partial charge in [-0.2, -0.15) is 0 Å². The van der Waals surface area contributed by atoms with Crippen LogP contribution in [0.15, 0.2) is 52.5 Å². The smallest absolute Gasteiger partial charge is 0.240 e. The molecule has 39 heavy (non-hydrogen) atoms. The second-order valence-corrected chi connectivity index (χ2v) is 15.9. The van der Waals surface area contributed by atoms with Crippen LogP contribution in [0.25, 0.3) is 0 Å². The first-order valence-corrected chi connectivity index (χ1v) is 16.9. The number of allylic oxidation sites excluding steroid dienone is 3. The van der Waals surface area contributed by atoms with Crippen molar-refractivity contribution in [3.05, 3.63) is 53.1 Å². The van der Waals surface area contributed by atoms with Crippen molar-refractivity contribution in [2.75, 3.05) is 0 Å². The molecule has 2 N–H and O–H groups in total. The summed E-state index contributed by atoms with van der Waals surface area (Å²) in [7, 11) is -3.51. The SMILES string of the molecule is Cc1ccc(S(=O)(=O)NC2C/C(=C/C=C3\CCCC4(C)[C@@H]([C@H](C)CCCC(C)(C)O)CC[C@@H]34)C[C@@H](C)C2)cc1. The van der Waals surface area contributed by atoms with E-state index in [0.717, 1.165) is 43.6 Å². The fourth-order valence-electron chi connectivity index (χ4n) is 8.23. The molecule has 6 atom stereocenters. The van der Waals surface area contributed by atoms with E-state index in [1.165, 1.54) is 44.1 Å². The molecule has 0 aliphatic heterocycles. The van der Waals surface area contributed by atoms with Gasteiger partial charge in [-0.1, -0.05) is 74.6 Å². The summed E-state index contributed by atoms with van der Waals surface area (Å²) in [5.41, 5.74) is 3.87. The Hall–Kier alpha value is -1.43. The summed E-state index contributed by atoms with van der Waals surface area (Å²) in [4.78, 5) is 0.352. The summed E-state index contributed by atoms with van der Waals surface area (Å²) >= 11 is 0. The number of nitrogens with one attached hydrogen (secondary N) is 1. The Bertz CT molecular complexity index is 1140. The van der Waals surface area contributed by atoms with Crippen LogP contribution in [0.1, 0.15) is 111 Å². The van der Waals surface area contributed by atoms with Gasteiger partial charge in [0, 0.05) is 6.04 Å². The number of sulfonamides is 1. The van der Waals surface area contributed by atoms with E-state index in [4.69, 9.17) is 0 Å². The van der Waals surface area contributed by atoms with Crippen LogP contribution in [0.3, 0.4) is 0 Å². The first-order chi connectivity index (χ1) is 18.3. The van der Waals surface area contributed by atoms with E-state index in [0.29, 0.717) is 28.1 Å². The summed E-state index contributed by atoms with van der Waals surface area (Å²) < 4.78 is 29.1. The van der Waals surface area contributed by atoms with Gasteiger partial charge in [-0.05, 0) is 120 Å². The molecule has 4 nitrogen and oxygen atoms in total. The molecule has 1 aromatic carbocycles. The zero-order valence-corrected chi connectivity index (χ0v) is 26.1. The summed E-state index contributed by atoms with van der Waals surface area (Å²) in [6, 6.07) is 7.07. The molecule has 218 valence electrons. The van der Waals surface area contributed by atoms with Gasteiger partial charge in [0.15, 0.2) is 0 Å². The van der Waals surface area contributed by atoms with Crippen LogP contribution in [-0.2, 0) is 10.0 Å². The molecule has 3 fully saturated rings.